The van der Waals surface area contributed by atoms with Gasteiger partial charge in [-0.15, -0.1) is 0 Å². The van der Waals surface area contributed by atoms with E-state index in [1.165, 1.54) is 12.5 Å². The highest BCUT2D eigenvalue weighted by molar-refractivity contribution is 5.98. The molecule has 0 atom stereocenters. The molecule has 0 spiro atoms. The Bertz CT molecular complexity index is 411. The predicted molar refractivity (Wildman–Crippen MR) is 64.1 cm³/mol. The van der Waals surface area contributed by atoms with Crippen molar-refractivity contribution in [3.8, 4) is 11.5 Å². The number of benzene rings is 1. The monoisotopic (exact) mass is 235 g/mol. The second kappa shape index (κ2) is 5.08. The van der Waals surface area contributed by atoms with Gasteiger partial charge in [-0.1, -0.05) is 12.5 Å². The van der Waals surface area contributed by atoms with Gasteiger partial charge in [0, 0.05) is 0 Å². The highest BCUT2D eigenvalue weighted by Gasteiger charge is 2.20. The minimum Gasteiger partial charge on any atom is -0.507 e. The first-order chi connectivity index (χ1) is 8.18. The molecular weight excluding hydrogens is 218 g/mol. The molecule has 1 amide bonds. The first-order valence-corrected chi connectivity index (χ1v) is 5.97. The van der Waals surface area contributed by atoms with E-state index in [0.29, 0.717) is 5.75 Å². The van der Waals surface area contributed by atoms with Crippen molar-refractivity contribution < 1.29 is 14.6 Å². The van der Waals surface area contributed by atoms with E-state index in [4.69, 9.17) is 10.5 Å². The zero-order chi connectivity index (χ0) is 12.3. The molecule has 4 nitrogen and oxygen atoms in total. The maximum atomic E-state index is 11.3. The van der Waals surface area contributed by atoms with Crippen LogP contribution in [0.5, 0.6) is 11.5 Å². The zero-order valence-corrected chi connectivity index (χ0v) is 9.69. The van der Waals surface area contributed by atoms with Gasteiger partial charge in [0.25, 0.3) is 5.91 Å². The molecule has 1 aliphatic rings. The van der Waals surface area contributed by atoms with Crippen LogP contribution in [-0.2, 0) is 0 Å². The number of carbonyl (C=O) groups excluding carboxylic acids is 1. The maximum absolute atomic E-state index is 11.3. The molecule has 17 heavy (non-hydrogen) atoms. The Morgan fingerprint density at radius 1 is 1.29 bits per heavy atom. The third kappa shape index (κ3) is 2.70. The van der Waals surface area contributed by atoms with Crippen LogP contribution in [0.3, 0.4) is 0 Å². The molecule has 2 rings (SSSR count). The summed E-state index contributed by atoms with van der Waals surface area (Å²) >= 11 is 0. The molecule has 4 heteroatoms. The first kappa shape index (κ1) is 11.8. The molecule has 0 aliphatic heterocycles. The van der Waals surface area contributed by atoms with Gasteiger partial charge in [0.1, 0.15) is 17.1 Å². The molecule has 92 valence electrons. The molecule has 3 N–H and O–H groups in total. The highest BCUT2D eigenvalue weighted by atomic mass is 16.5. The Labute approximate surface area is 100 Å². The number of phenols is 1. The zero-order valence-electron chi connectivity index (χ0n) is 9.69. The van der Waals surface area contributed by atoms with Crippen molar-refractivity contribution in [1.82, 2.24) is 0 Å². The highest BCUT2D eigenvalue weighted by Crippen LogP contribution is 2.30. The van der Waals surface area contributed by atoms with E-state index in [-0.39, 0.29) is 17.4 Å². The van der Waals surface area contributed by atoms with Gasteiger partial charge in [0.15, 0.2) is 0 Å². The molecule has 1 aromatic rings. The number of ether oxygens (including phenoxy) is 1. The average molecular weight is 235 g/mol. The molecule has 1 saturated carbocycles. The van der Waals surface area contributed by atoms with Gasteiger partial charge in [0.05, 0.1) is 6.10 Å². The standard InChI is InChI=1S/C13H17NO3/c14-13(16)12-10(15)7-4-8-11(12)17-9-5-2-1-3-6-9/h4,7-9,15H,1-3,5-6H2,(H2,14,16). The second-order valence-corrected chi connectivity index (χ2v) is 4.39. The topological polar surface area (TPSA) is 72.6 Å². The predicted octanol–water partition coefficient (Wildman–Crippen LogP) is 2.20. The SMILES string of the molecule is NC(=O)c1c(O)cccc1OC1CCCCC1. The van der Waals surface area contributed by atoms with Crippen molar-refractivity contribution in [3.63, 3.8) is 0 Å². The summed E-state index contributed by atoms with van der Waals surface area (Å²) in [5, 5.41) is 9.61. The number of primary amides is 1. The van der Waals surface area contributed by atoms with Gasteiger partial charge in [-0.05, 0) is 37.8 Å². The summed E-state index contributed by atoms with van der Waals surface area (Å²) < 4.78 is 5.77. The largest absolute Gasteiger partial charge is 0.507 e. The number of rotatable bonds is 3. The van der Waals surface area contributed by atoms with Gasteiger partial charge in [-0.3, -0.25) is 4.79 Å². The van der Waals surface area contributed by atoms with Crippen LogP contribution in [0.1, 0.15) is 42.5 Å². The Balaban J connectivity index is 2.19. The van der Waals surface area contributed by atoms with Crippen molar-refractivity contribution in [1.29, 1.82) is 0 Å². The lowest BCUT2D eigenvalue weighted by Crippen LogP contribution is -2.22. The Morgan fingerprint density at radius 3 is 2.65 bits per heavy atom. The van der Waals surface area contributed by atoms with Crippen LogP contribution in [0.2, 0.25) is 0 Å². The minimum absolute atomic E-state index is 0.0815. The molecule has 0 unspecified atom stereocenters. The third-order valence-electron chi connectivity index (χ3n) is 3.10. The fraction of sp³-hybridized carbons (Fsp3) is 0.462. The smallest absolute Gasteiger partial charge is 0.256 e. The minimum atomic E-state index is -0.658. The average Bonchev–Trinajstić information content (AvgIpc) is 2.30. The van der Waals surface area contributed by atoms with Crippen LogP contribution in [0.4, 0.5) is 0 Å². The summed E-state index contributed by atoms with van der Waals surface area (Å²) in [6.45, 7) is 0. The lowest BCUT2D eigenvalue weighted by molar-refractivity contribution is 0.0985. The Morgan fingerprint density at radius 2 is 2.00 bits per heavy atom. The van der Waals surface area contributed by atoms with Crippen molar-refractivity contribution in [2.45, 2.75) is 38.2 Å². The molecular formula is C13H17NO3. The maximum Gasteiger partial charge on any atom is 0.256 e. The van der Waals surface area contributed by atoms with E-state index in [0.717, 1.165) is 25.7 Å². The first-order valence-electron chi connectivity index (χ1n) is 5.97. The summed E-state index contributed by atoms with van der Waals surface area (Å²) in [5.41, 5.74) is 5.32. The van der Waals surface area contributed by atoms with Crippen LogP contribution in [0.25, 0.3) is 0 Å². The van der Waals surface area contributed by atoms with Crippen LogP contribution >= 0.6 is 0 Å². The number of hydrogen-bond donors (Lipinski definition) is 2. The molecule has 0 saturated heterocycles. The van der Waals surface area contributed by atoms with E-state index in [2.05, 4.69) is 0 Å². The van der Waals surface area contributed by atoms with Crippen LogP contribution in [0.15, 0.2) is 18.2 Å². The fourth-order valence-corrected chi connectivity index (χ4v) is 2.23. The normalized spacial score (nSPS) is 16.7. The number of nitrogens with two attached hydrogens (primary N) is 1. The summed E-state index contributed by atoms with van der Waals surface area (Å²) in [6, 6.07) is 4.77. The van der Waals surface area contributed by atoms with Crippen LogP contribution < -0.4 is 10.5 Å². The van der Waals surface area contributed by atoms with Crippen molar-refractivity contribution in [3.05, 3.63) is 23.8 Å². The summed E-state index contributed by atoms with van der Waals surface area (Å²) in [5.74, 6) is -0.385. The van der Waals surface area contributed by atoms with Crippen LogP contribution in [-0.4, -0.2) is 17.1 Å². The van der Waals surface area contributed by atoms with Gasteiger partial charge < -0.3 is 15.6 Å². The lowest BCUT2D eigenvalue weighted by atomic mass is 9.97. The quantitative estimate of drug-likeness (QED) is 0.843. The van der Waals surface area contributed by atoms with E-state index in [1.807, 2.05) is 0 Å². The fourth-order valence-electron chi connectivity index (χ4n) is 2.23. The summed E-state index contributed by atoms with van der Waals surface area (Å²) in [4.78, 5) is 11.3. The van der Waals surface area contributed by atoms with E-state index in [9.17, 15) is 9.90 Å². The van der Waals surface area contributed by atoms with Crippen LogP contribution in [0, 0.1) is 0 Å². The van der Waals surface area contributed by atoms with E-state index in [1.54, 1.807) is 12.1 Å². The van der Waals surface area contributed by atoms with Gasteiger partial charge in [0.2, 0.25) is 0 Å². The Hall–Kier alpha value is -1.71. The second-order valence-electron chi connectivity index (χ2n) is 4.39. The van der Waals surface area contributed by atoms with Crippen molar-refractivity contribution in [2.75, 3.05) is 0 Å². The number of aromatic hydroxyl groups is 1. The molecule has 0 heterocycles. The van der Waals surface area contributed by atoms with Gasteiger partial charge in [-0.2, -0.15) is 0 Å². The van der Waals surface area contributed by atoms with Gasteiger partial charge in [-0.25, -0.2) is 0 Å². The van der Waals surface area contributed by atoms with Crippen molar-refractivity contribution >= 4 is 5.91 Å². The molecule has 1 fully saturated rings. The molecule has 0 bridgehead atoms. The Kier molecular flexibility index (Phi) is 3.52. The molecule has 1 aliphatic carbocycles. The molecule has 0 radical (unpaired) electrons. The van der Waals surface area contributed by atoms with Crippen molar-refractivity contribution in [2.24, 2.45) is 5.73 Å². The van der Waals surface area contributed by atoms with Gasteiger partial charge >= 0.3 is 0 Å². The number of hydrogen-bond acceptors (Lipinski definition) is 3. The molecule has 1 aromatic carbocycles. The van der Waals surface area contributed by atoms with E-state index < -0.39 is 5.91 Å². The van der Waals surface area contributed by atoms with E-state index >= 15 is 0 Å². The summed E-state index contributed by atoms with van der Waals surface area (Å²) in [7, 11) is 0. The molecule has 0 aromatic heterocycles. The summed E-state index contributed by atoms with van der Waals surface area (Å²) in [6.07, 6.45) is 5.65. The lowest BCUT2D eigenvalue weighted by Gasteiger charge is -2.24. The number of amides is 1. The number of carbonyl (C=O) groups is 1. The third-order valence-corrected chi connectivity index (χ3v) is 3.10.